The van der Waals surface area contributed by atoms with Gasteiger partial charge in [-0.2, -0.15) is 4.31 Å². The van der Waals surface area contributed by atoms with Gasteiger partial charge in [0.15, 0.2) is 0 Å². The summed E-state index contributed by atoms with van der Waals surface area (Å²) in [5.41, 5.74) is 0. The third kappa shape index (κ3) is 3.34. The van der Waals surface area contributed by atoms with Gasteiger partial charge < -0.3 is 0 Å². The molecule has 5 heteroatoms. The number of nitrogens with zero attached hydrogens (tertiary/aromatic N) is 1. The first kappa shape index (κ1) is 14.3. The summed E-state index contributed by atoms with van der Waals surface area (Å²) in [6.45, 7) is 4.07. The Morgan fingerprint density at radius 3 is 2.56 bits per heavy atom. The van der Waals surface area contributed by atoms with E-state index in [2.05, 4.69) is 6.92 Å². The van der Waals surface area contributed by atoms with Crippen molar-refractivity contribution in [3.8, 4) is 0 Å². The van der Waals surface area contributed by atoms with Gasteiger partial charge in [-0.25, -0.2) is 8.42 Å². The van der Waals surface area contributed by atoms with Gasteiger partial charge in [0.05, 0.1) is 5.75 Å². The smallest absolute Gasteiger partial charge is 0.212 e. The van der Waals surface area contributed by atoms with Crippen LogP contribution in [-0.2, 0) is 10.0 Å². The minimum atomic E-state index is -3.07. The lowest BCUT2D eigenvalue weighted by Gasteiger charge is -2.26. The van der Waals surface area contributed by atoms with E-state index in [4.69, 9.17) is 11.6 Å². The Morgan fingerprint density at radius 2 is 2.00 bits per heavy atom. The molecule has 0 aliphatic carbocycles. The lowest BCUT2D eigenvalue weighted by molar-refractivity contribution is 0.328. The molecule has 1 aliphatic heterocycles. The Morgan fingerprint density at radius 1 is 1.31 bits per heavy atom. The standard InChI is InChI=1S/C11H22ClNO2S/c1-3-11-7-6-10(2)13(11)16(14,15)9-5-4-8-12/h10-11H,3-9H2,1-2H3. The molecule has 1 rings (SSSR count). The predicted octanol–water partition coefficient (Wildman–Crippen LogP) is 2.60. The van der Waals surface area contributed by atoms with E-state index in [0.717, 1.165) is 25.7 Å². The minimum absolute atomic E-state index is 0.172. The van der Waals surface area contributed by atoms with Gasteiger partial charge in [-0.1, -0.05) is 6.92 Å². The first-order chi connectivity index (χ1) is 7.53. The predicted molar refractivity (Wildman–Crippen MR) is 68.4 cm³/mol. The highest BCUT2D eigenvalue weighted by Crippen LogP contribution is 2.29. The van der Waals surface area contributed by atoms with Crippen molar-refractivity contribution in [2.75, 3.05) is 11.6 Å². The SMILES string of the molecule is CCC1CCC(C)N1S(=O)(=O)CCCCCl. The molecule has 1 aliphatic rings. The van der Waals surface area contributed by atoms with E-state index in [-0.39, 0.29) is 17.8 Å². The van der Waals surface area contributed by atoms with Crippen LogP contribution in [0.4, 0.5) is 0 Å². The van der Waals surface area contributed by atoms with E-state index < -0.39 is 10.0 Å². The van der Waals surface area contributed by atoms with Crippen molar-refractivity contribution < 1.29 is 8.42 Å². The van der Waals surface area contributed by atoms with Gasteiger partial charge in [-0.3, -0.25) is 0 Å². The van der Waals surface area contributed by atoms with Crippen LogP contribution in [0.1, 0.15) is 46.0 Å². The molecule has 0 saturated carbocycles. The largest absolute Gasteiger partial charge is 0.214 e. The van der Waals surface area contributed by atoms with Crippen LogP contribution >= 0.6 is 11.6 Å². The average molecular weight is 268 g/mol. The van der Waals surface area contributed by atoms with Gasteiger partial charge in [-0.05, 0) is 39.0 Å². The van der Waals surface area contributed by atoms with Crippen LogP contribution in [0.25, 0.3) is 0 Å². The molecule has 1 fully saturated rings. The van der Waals surface area contributed by atoms with E-state index in [9.17, 15) is 8.42 Å². The Bertz CT molecular complexity index is 305. The summed E-state index contributed by atoms with van der Waals surface area (Å²) in [6.07, 6.45) is 4.37. The quantitative estimate of drug-likeness (QED) is 0.548. The summed E-state index contributed by atoms with van der Waals surface area (Å²) < 4.78 is 26.1. The van der Waals surface area contributed by atoms with Crippen molar-refractivity contribution in [1.29, 1.82) is 0 Å². The van der Waals surface area contributed by atoms with Gasteiger partial charge in [-0.15, -0.1) is 11.6 Å². The van der Waals surface area contributed by atoms with Crippen LogP contribution in [0, 0.1) is 0 Å². The van der Waals surface area contributed by atoms with Gasteiger partial charge in [0.25, 0.3) is 0 Å². The number of unbranched alkanes of at least 4 members (excludes halogenated alkanes) is 1. The second-order valence-electron chi connectivity index (χ2n) is 4.53. The fourth-order valence-electron chi connectivity index (χ4n) is 2.42. The molecular weight excluding hydrogens is 246 g/mol. The monoisotopic (exact) mass is 267 g/mol. The normalized spacial score (nSPS) is 27.4. The summed E-state index contributed by atoms with van der Waals surface area (Å²) >= 11 is 5.57. The van der Waals surface area contributed by atoms with Crippen molar-refractivity contribution in [2.45, 2.75) is 58.0 Å². The first-order valence-electron chi connectivity index (χ1n) is 6.10. The molecule has 0 amide bonds. The van der Waals surface area contributed by atoms with Crippen LogP contribution in [0.2, 0.25) is 0 Å². The molecule has 0 aromatic carbocycles. The van der Waals surface area contributed by atoms with Crippen molar-refractivity contribution in [1.82, 2.24) is 4.31 Å². The third-order valence-electron chi connectivity index (χ3n) is 3.29. The van der Waals surface area contributed by atoms with E-state index in [1.54, 1.807) is 4.31 Å². The summed E-state index contributed by atoms with van der Waals surface area (Å²) in [4.78, 5) is 0. The molecule has 1 heterocycles. The highest BCUT2D eigenvalue weighted by atomic mass is 35.5. The van der Waals surface area contributed by atoms with Crippen molar-refractivity contribution in [3.63, 3.8) is 0 Å². The molecule has 2 unspecified atom stereocenters. The van der Waals surface area contributed by atoms with E-state index in [1.807, 2.05) is 6.92 Å². The number of alkyl halides is 1. The van der Waals surface area contributed by atoms with Gasteiger partial charge >= 0.3 is 0 Å². The second-order valence-corrected chi connectivity index (χ2v) is 6.90. The molecule has 16 heavy (non-hydrogen) atoms. The highest BCUT2D eigenvalue weighted by Gasteiger charge is 2.37. The molecule has 0 N–H and O–H groups in total. The maximum Gasteiger partial charge on any atom is 0.214 e. The maximum atomic E-state index is 12.2. The number of halogens is 1. The Hall–Kier alpha value is 0.200. The molecule has 1 saturated heterocycles. The molecule has 0 bridgehead atoms. The highest BCUT2D eigenvalue weighted by molar-refractivity contribution is 7.89. The Balaban J connectivity index is 2.65. The minimum Gasteiger partial charge on any atom is -0.212 e. The molecule has 0 spiro atoms. The second kappa shape index (κ2) is 6.22. The molecule has 3 nitrogen and oxygen atoms in total. The van der Waals surface area contributed by atoms with Crippen molar-refractivity contribution in [2.24, 2.45) is 0 Å². The van der Waals surface area contributed by atoms with E-state index in [1.165, 1.54) is 0 Å². The van der Waals surface area contributed by atoms with Gasteiger partial charge in [0.2, 0.25) is 10.0 Å². The van der Waals surface area contributed by atoms with Crippen LogP contribution in [0.15, 0.2) is 0 Å². The number of sulfonamides is 1. The summed E-state index contributed by atoms with van der Waals surface area (Å²) in [6, 6.07) is 0.391. The molecule has 0 radical (unpaired) electrons. The maximum absolute atomic E-state index is 12.2. The summed E-state index contributed by atoms with van der Waals surface area (Å²) in [5, 5.41) is 0. The average Bonchev–Trinajstić information content (AvgIpc) is 2.60. The number of hydrogen-bond donors (Lipinski definition) is 0. The topological polar surface area (TPSA) is 37.4 Å². The van der Waals surface area contributed by atoms with Crippen LogP contribution in [0.3, 0.4) is 0 Å². The lowest BCUT2D eigenvalue weighted by atomic mass is 10.2. The fourth-order valence-corrected chi connectivity index (χ4v) is 4.75. The zero-order valence-electron chi connectivity index (χ0n) is 10.2. The van der Waals surface area contributed by atoms with Crippen molar-refractivity contribution in [3.05, 3.63) is 0 Å². The molecule has 0 aromatic heterocycles. The van der Waals surface area contributed by atoms with Gasteiger partial charge in [0.1, 0.15) is 0 Å². The molecule has 96 valence electrons. The van der Waals surface area contributed by atoms with Crippen LogP contribution in [0.5, 0.6) is 0 Å². The molecular formula is C11H22ClNO2S. The summed E-state index contributed by atoms with van der Waals surface area (Å²) in [5.74, 6) is 0.794. The number of rotatable bonds is 6. The number of hydrogen-bond acceptors (Lipinski definition) is 2. The summed E-state index contributed by atoms with van der Waals surface area (Å²) in [7, 11) is -3.07. The zero-order chi connectivity index (χ0) is 12.2. The molecule has 2 atom stereocenters. The van der Waals surface area contributed by atoms with E-state index >= 15 is 0 Å². The van der Waals surface area contributed by atoms with Gasteiger partial charge in [0, 0.05) is 18.0 Å². The third-order valence-corrected chi connectivity index (χ3v) is 5.66. The van der Waals surface area contributed by atoms with E-state index in [0.29, 0.717) is 12.3 Å². The lowest BCUT2D eigenvalue weighted by Crippen LogP contribution is -2.41. The molecule has 0 aromatic rings. The fraction of sp³-hybridized carbons (Fsp3) is 1.00. The van der Waals surface area contributed by atoms with Crippen LogP contribution < -0.4 is 0 Å². The Labute approximate surface area is 104 Å². The first-order valence-corrected chi connectivity index (χ1v) is 8.24. The van der Waals surface area contributed by atoms with Crippen molar-refractivity contribution >= 4 is 21.6 Å². The Kier molecular flexibility index (Phi) is 5.54. The van der Waals surface area contributed by atoms with Crippen LogP contribution in [-0.4, -0.2) is 36.4 Å². The zero-order valence-corrected chi connectivity index (χ0v) is 11.7.